The van der Waals surface area contributed by atoms with E-state index in [9.17, 15) is 4.79 Å². The molecule has 7 heteroatoms. The van der Waals surface area contributed by atoms with E-state index in [1.54, 1.807) is 18.3 Å². The standard InChI is InChI=1S/C21H25N5O2/c1-15(17-4-5-17)26-19(8-11-23-26)24-20(27)25-21(9-12-28-13-10-21)18-6-2-16(14-22)3-7-18/h2-3,6-8,11,15,17H,4-5,9-10,12-13H2,1H3,(H2,24,25,27). The molecule has 1 saturated carbocycles. The minimum atomic E-state index is -0.511. The molecule has 0 bridgehead atoms. The van der Waals surface area contributed by atoms with E-state index < -0.39 is 5.54 Å². The van der Waals surface area contributed by atoms with Gasteiger partial charge in [-0.25, -0.2) is 9.48 Å². The van der Waals surface area contributed by atoms with Gasteiger partial charge in [-0.3, -0.25) is 5.32 Å². The van der Waals surface area contributed by atoms with Gasteiger partial charge < -0.3 is 10.1 Å². The van der Waals surface area contributed by atoms with Crippen molar-refractivity contribution < 1.29 is 9.53 Å². The van der Waals surface area contributed by atoms with Crippen molar-refractivity contribution in [3.8, 4) is 6.07 Å². The zero-order chi connectivity index (χ0) is 19.6. The van der Waals surface area contributed by atoms with E-state index in [1.165, 1.54) is 12.8 Å². The number of amides is 2. The monoisotopic (exact) mass is 379 g/mol. The summed E-state index contributed by atoms with van der Waals surface area (Å²) in [6.45, 7) is 3.30. The SMILES string of the molecule is CC(C1CC1)n1nccc1NC(=O)NC1(c2ccc(C#N)cc2)CCOCC1. The van der Waals surface area contributed by atoms with Crippen molar-refractivity contribution in [3.05, 3.63) is 47.7 Å². The maximum Gasteiger partial charge on any atom is 0.321 e. The minimum absolute atomic E-state index is 0.254. The molecule has 0 spiro atoms. The maximum atomic E-state index is 12.9. The van der Waals surface area contributed by atoms with Crippen molar-refractivity contribution in [3.63, 3.8) is 0 Å². The Morgan fingerprint density at radius 3 is 2.64 bits per heavy atom. The van der Waals surface area contributed by atoms with Crippen LogP contribution in [0.15, 0.2) is 36.5 Å². The number of rotatable bonds is 5. The van der Waals surface area contributed by atoms with Crippen LogP contribution in [0.1, 0.15) is 49.8 Å². The van der Waals surface area contributed by atoms with E-state index in [2.05, 4.69) is 28.7 Å². The van der Waals surface area contributed by atoms with Crippen LogP contribution < -0.4 is 10.6 Å². The number of hydrogen-bond donors (Lipinski definition) is 2. The highest BCUT2D eigenvalue weighted by Gasteiger charge is 2.36. The molecular weight excluding hydrogens is 354 g/mol. The lowest BCUT2D eigenvalue weighted by Gasteiger charge is -2.38. The maximum absolute atomic E-state index is 12.9. The molecule has 1 aromatic carbocycles. The molecule has 2 amide bonds. The van der Waals surface area contributed by atoms with Crippen LogP contribution in [0.3, 0.4) is 0 Å². The minimum Gasteiger partial charge on any atom is -0.381 e. The van der Waals surface area contributed by atoms with Gasteiger partial charge in [-0.1, -0.05) is 12.1 Å². The topological polar surface area (TPSA) is 92.0 Å². The van der Waals surface area contributed by atoms with Gasteiger partial charge in [-0.2, -0.15) is 10.4 Å². The Labute approximate surface area is 164 Å². The number of ether oxygens (including phenoxy) is 1. The Hall–Kier alpha value is -2.85. The Morgan fingerprint density at radius 1 is 1.29 bits per heavy atom. The summed E-state index contributed by atoms with van der Waals surface area (Å²) in [5.41, 5.74) is 1.08. The fourth-order valence-electron chi connectivity index (χ4n) is 3.95. The number of nitrogens with one attached hydrogen (secondary N) is 2. The van der Waals surface area contributed by atoms with Crippen molar-refractivity contribution >= 4 is 11.8 Å². The molecule has 2 fully saturated rings. The van der Waals surface area contributed by atoms with Crippen LogP contribution in [0.5, 0.6) is 0 Å². The molecule has 2 aromatic rings. The van der Waals surface area contributed by atoms with Crippen LogP contribution in [0.2, 0.25) is 0 Å². The number of urea groups is 1. The quantitative estimate of drug-likeness (QED) is 0.831. The normalized spacial score (nSPS) is 19.4. The second kappa shape index (κ2) is 7.64. The lowest BCUT2D eigenvalue weighted by Crippen LogP contribution is -2.51. The molecule has 1 aliphatic heterocycles. The summed E-state index contributed by atoms with van der Waals surface area (Å²) in [7, 11) is 0. The van der Waals surface area contributed by atoms with Gasteiger partial charge in [0.25, 0.3) is 0 Å². The summed E-state index contributed by atoms with van der Waals surface area (Å²) < 4.78 is 7.42. The first-order chi connectivity index (χ1) is 13.6. The number of nitriles is 1. The molecule has 1 unspecified atom stereocenters. The molecule has 146 valence electrons. The molecule has 1 aromatic heterocycles. The number of carbonyl (C=O) groups excluding carboxylic acids is 1. The van der Waals surface area contributed by atoms with Crippen LogP contribution in [0.4, 0.5) is 10.6 Å². The van der Waals surface area contributed by atoms with Gasteiger partial charge >= 0.3 is 6.03 Å². The van der Waals surface area contributed by atoms with Gasteiger partial charge in [-0.05, 0) is 56.2 Å². The van der Waals surface area contributed by atoms with Gasteiger partial charge in [-0.15, -0.1) is 0 Å². The van der Waals surface area contributed by atoms with Gasteiger partial charge in [0.15, 0.2) is 0 Å². The van der Waals surface area contributed by atoms with Crippen molar-refractivity contribution in [2.75, 3.05) is 18.5 Å². The number of hydrogen-bond acceptors (Lipinski definition) is 4. The molecule has 2 N–H and O–H groups in total. The fourth-order valence-corrected chi connectivity index (χ4v) is 3.95. The first-order valence-corrected chi connectivity index (χ1v) is 9.82. The molecule has 7 nitrogen and oxygen atoms in total. The van der Waals surface area contributed by atoms with Crippen LogP contribution in [0, 0.1) is 17.2 Å². The molecule has 28 heavy (non-hydrogen) atoms. The predicted octanol–water partition coefficient (Wildman–Crippen LogP) is 3.55. The molecule has 2 heterocycles. The summed E-state index contributed by atoms with van der Waals surface area (Å²) in [4.78, 5) is 12.9. The number of aromatic nitrogens is 2. The van der Waals surface area contributed by atoms with E-state index in [0.717, 1.165) is 5.56 Å². The second-order valence-electron chi connectivity index (χ2n) is 7.70. The Kier molecular flexibility index (Phi) is 5.05. The first-order valence-electron chi connectivity index (χ1n) is 9.82. The molecule has 1 aliphatic carbocycles. The number of carbonyl (C=O) groups is 1. The van der Waals surface area contributed by atoms with Crippen molar-refractivity contribution in [1.29, 1.82) is 5.26 Å². The molecule has 4 rings (SSSR count). The summed E-state index contributed by atoms with van der Waals surface area (Å²) in [5.74, 6) is 1.35. The van der Waals surface area contributed by atoms with Crippen LogP contribution in [-0.4, -0.2) is 29.0 Å². The predicted molar refractivity (Wildman–Crippen MR) is 105 cm³/mol. The van der Waals surface area contributed by atoms with E-state index >= 15 is 0 Å². The molecule has 1 saturated heterocycles. The lowest BCUT2D eigenvalue weighted by atomic mass is 9.82. The van der Waals surface area contributed by atoms with E-state index in [4.69, 9.17) is 10.00 Å². The molecule has 0 radical (unpaired) electrons. The second-order valence-corrected chi connectivity index (χ2v) is 7.70. The highest BCUT2D eigenvalue weighted by atomic mass is 16.5. The van der Waals surface area contributed by atoms with Gasteiger partial charge in [0.05, 0.1) is 29.4 Å². The summed E-state index contributed by atoms with van der Waals surface area (Å²) in [6, 6.07) is 11.4. The lowest BCUT2D eigenvalue weighted by molar-refractivity contribution is 0.0418. The Morgan fingerprint density at radius 2 is 2.00 bits per heavy atom. The van der Waals surface area contributed by atoms with Crippen LogP contribution in [0.25, 0.3) is 0 Å². The highest BCUT2D eigenvalue weighted by molar-refractivity contribution is 5.89. The van der Waals surface area contributed by atoms with Crippen molar-refractivity contribution in [1.82, 2.24) is 15.1 Å². The number of benzene rings is 1. The third kappa shape index (κ3) is 3.73. The smallest absolute Gasteiger partial charge is 0.321 e. The van der Waals surface area contributed by atoms with Crippen molar-refractivity contribution in [2.24, 2.45) is 5.92 Å². The van der Waals surface area contributed by atoms with Crippen LogP contribution >= 0.6 is 0 Å². The average molecular weight is 379 g/mol. The zero-order valence-electron chi connectivity index (χ0n) is 16.0. The third-order valence-electron chi connectivity index (χ3n) is 5.87. The number of nitrogens with zero attached hydrogens (tertiary/aromatic N) is 3. The number of anilines is 1. The molecule has 2 aliphatic rings. The highest BCUT2D eigenvalue weighted by Crippen LogP contribution is 2.40. The van der Waals surface area contributed by atoms with Crippen molar-refractivity contribution in [2.45, 2.75) is 44.2 Å². The third-order valence-corrected chi connectivity index (χ3v) is 5.87. The molecule has 1 atom stereocenters. The van der Waals surface area contributed by atoms with E-state index in [1.807, 2.05) is 22.9 Å². The zero-order valence-corrected chi connectivity index (χ0v) is 16.0. The summed E-state index contributed by atoms with van der Waals surface area (Å²) in [6.07, 6.45) is 5.52. The largest absolute Gasteiger partial charge is 0.381 e. The first kappa shape index (κ1) is 18.5. The van der Waals surface area contributed by atoms with Gasteiger partial charge in [0, 0.05) is 19.3 Å². The van der Waals surface area contributed by atoms with E-state index in [-0.39, 0.29) is 12.1 Å². The summed E-state index contributed by atoms with van der Waals surface area (Å²) in [5, 5.41) is 19.6. The Balaban J connectivity index is 1.52. The van der Waals surface area contributed by atoms with Crippen LogP contribution in [-0.2, 0) is 10.3 Å². The summed E-state index contributed by atoms with van der Waals surface area (Å²) >= 11 is 0. The average Bonchev–Trinajstić information content (AvgIpc) is 3.47. The molecular formula is C21H25N5O2. The van der Waals surface area contributed by atoms with Gasteiger partial charge in [0.2, 0.25) is 0 Å². The van der Waals surface area contributed by atoms with E-state index in [0.29, 0.717) is 43.4 Å². The Bertz CT molecular complexity index is 873. The van der Waals surface area contributed by atoms with Gasteiger partial charge in [0.1, 0.15) is 5.82 Å². The fraction of sp³-hybridized carbons (Fsp3) is 0.476.